The number of likely N-dealkylation sites (tertiary alicyclic amines) is 1. The van der Waals surface area contributed by atoms with Gasteiger partial charge in [0.25, 0.3) is 11.5 Å². The maximum absolute atomic E-state index is 12.0. The molecule has 0 bridgehead atoms. The van der Waals surface area contributed by atoms with E-state index in [9.17, 15) is 14.4 Å². The van der Waals surface area contributed by atoms with Gasteiger partial charge >= 0.3 is 0 Å². The van der Waals surface area contributed by atoms with Crippen LogP contribution in [-0.2, 0) is 4.79 Å². The van der Waals surface area contributed by atoms with Gasteiger partial charge in [0.2, 0.25) is 5.91 Å². The molecule has 0 saturated carbocycles. The Bertz CT molecular complexity index is 532. The minimum absolute atomic E-state index is 0.0172. The summed E-state index contributed by atoms with van der Waals surface area (Å²) in [5.41, 5.74) is -0.440. The van der Waals surface area contributed by atoms with E-state index >= 15 is 0 Å². The van der Waals surface area contributed by atoms with E-state index in [2.05, 4.69) is 10.3 Å². The van der Waals surface area contributed by atoms with E-state index in [1.165, 1.54) is 12.3 Å². The van der Waals surface area contributed by atoms with Crippen molar-refractivity contribution in [3.63, 3.8) is 0 Å². The molecule has 2 amide bonds. The van der Waals surface area contributed by atoms with Crippen molar-refractivity contribution in [2.75, 3.05) is 13.1 Å². The van der Waals surface area contributed by atoms with Crippen LogP contribution in [0.15, 0.2) is 23.1 Å². The predicted octanol–water partition coefficient (Wildman–Crippen LogP) is 0.116. The van der Waals surface area contributed by atoms with Crippen LogP contribution < -0.4 is 10.9 Å². The Labute approximate surface area is 110 Å². The van der Waals surface area contributed by atoms with Gasteiger partial charge in [-0.05, 0) is 31.9 Å². The summed E-state index contributed by atoms with van der Waals surface area (Å²) in [6, 6.07) is 2.38. The molecule has 2 rings (SSSR count). The summed E-state index contributed by atoms with van der Waals surface area (Å²) < 4.78 is 0. The Kier molecular flexibility index (Phi) is 3.99. The van der Waals surface area contributed by atoms with E-state index in [0.29, 0.717) is 0 Å². The monoisotopic (exact) mass is 263 g/mol. The molecule has 1 saturated heterocycles. The van der Waals surface area contributed by atoms with Gasteiger partial charge in [-0.2, -0.15) is 0 Å². The van der Waals surface area contributed by atoms with E-state index in [1.54, 1.807) is 17.9 Å². The number of rotatable bonds is 3. The summed E-state index contributed by atoms with van der Waals surface area (Å²) in [7, 11) is 0. The molecule has 1 aliphatic rings. The Hall–Kier alpha value is -2.11. The van der Waals surface area contributed by atoms with Gasteiger partial charge in [-0.1, -0.05) is 0 Å². The molecule has 6 heteroatoms. The number of nitrogens with zero attached hydrogens (tertiary/aromatic N) is 1. The highest BCUT2D eigenvalue weighted by Gasteiger charge is 2.25. The van der Waals surface area contributed by atoms with Crippen molar-refractivity contribution in [2.24, 2.45) is 0 Å². The second kappa shape index (κ2) is 5.69. The largest absolute Gasteiger partial charge is 0.341 e. The van der Waals surface area contributed by atoms with Gasteiger partial charge in [0.1, 0.15) is 11.6 Å². The van der Waals surface area contributed by atoms with Gasteiger partial charge in [0.15, 0.2) is 0 Å². The highest BCUT2D eigenvalue weighted by Crippen LogP contribution is 2.09. The Morgan fingerprint density at radius 2 is 2.05 bits per heavy atom. The van der Waals surface area contributed by atoms with Gasteiger partial charge in [-0.15, -0.1) is 0 Å². The third-order valence-electron chi connectivity index (χ3n) is 3.20. The molecule has 1 atom stereocenters. The van der Waals surface area contributed by atoms with Crippen LogP contribution in [0.3, 0.4) is 0 Å². The Morgan fingerprint density at radius 1 is 1.37 bits per heavy atom. The first-order valence-corrected chi connectivity index (χ1v) is 6.37. The molecule has 0 aromatic carbocycles. The van der Waals surface area contributed by atoms with Gasteiger partial charge in [0.05, 0.1) is 0 Å². The van der Waals surface area contributed by atoms with Crippen molar-refractivity contribution in [1.29, 1.82) is 0 Å². The van der Waals surface area contributed by atoms with E-state index in [0.717, 1.165) is 25.9 Å². The molecular weight excluding hydrogens is 246 g/mol. The number of pyridine rings is 1. The van der Waals surface area contributed by atoms with Crippen LogP contribution in [-0.4, -0.2) is 40.8 Å². The summed E-state index contributed by atoms with van der Waals surface area (Å²) in [5.74, 6) is -0.625. The lowest BCUT2D eigenvalue weighted by Gasteiger charge is -2.20. The van der Waals surface area contributed by atoms with Crippen LogP contribution in [0.5, 0.6) is 0 Å². The number of aromatic amines is 1. The fraction of sp³-hybridized carbons (Fsp3) is 0.462. The van der Waals surface area contributed by atoms with Crippen LogP contribution in [0.4, 0.5) is 0 Å². The van der Waals surface area contributed by atoms with Gasteiger partial charge < -0.3 is 15.2 Å². The number of nitrogens with one attached hydrogen (secondary N) is 2. The van der Waals surface area contributed by atoms with Crippen LogP contribution in [0, 0.1) is 0 Å². The number of carbonyl (C=O) groups excluding carboxylic acids is 2. The smallest absolute Gasteiger partial charge is 0.260 e. The lowest BCUT2D eigenvalue weighted by molar-refractivity contribution is -0.131. The zero-order chi connectivity index (χ0) is 13.8. The van der Waals surface area contributed by atoms with E-state index in [-0.39, 0.29) is 11.5 Å². The van der Waals surface area contributed by atoms with Crippen molar-refractivity contribution < 1.29 is 9.59 Å². The Morgan fingerprint density at radius 3 is 2.68 bits per heavy atom. The molecule has 1 fully saturated rings. The topological polar surface area (TPSA) is 82.3 Å². The van der Waals surface area contributed by atoms with Crippen LogP contribution >= 0.6 is 0 Å². The minimum Gasteiger partial charge on any atom is -0.341 e. The number of hydrogen-bond donors (Lipinski definition) is 2. The molecule has 1 aromatic rings. The first-order valence-electron chi connectivity index (χ1n) is 6.37. The molecule has 2 heterocycles. The standard InChI is InChI=1S/C13H17N3O3/c1-9(13(19)16-7-2-3-8-16)15-12(18)10-5-4-6-14-11(10)17/h4-6,9H,2-3,7-8H2,1H3,(H,14,17)(H,15,18)/t9-/m0/s1. The molecule has 0 aliphatic carbocycles. The zero-order valence-corrected chi connectivity index (χ0v) is 10.8. The zero-order valence-electron chi connectivity index (χ0n) is 10.8. The number of H-pyrrole nitrogens is 1. The van der Waals surface area contributed by atoms with E-state index in [4.69, 9.17) is 0 Å². The fourth-order valence-corrected chi connectivity index (χ4v) is 2.15. The summed E-state index contributed by atoms with van der Waals surface area (Å²) in [6.45, 7) is 3.12. The first kappa shape index (κ1) is 13.3. The summed E-state index contributed by atoms with van der Waals surface area (Å²) in [5, 5.41) is 2.56. The van der Waals surface area contributed by atoms with Crippen molar-refractivity contribution in [2.45, 2.75) is 25.8 Å². The highest BCUT2D eigenvalue weighted by molar-refractivity contribution is 5.97. The fourth-order valence-electron chi connectivity index (χ4n) is 2.15. The first-order chi connectivity index (χ1) is 9.09. The SMILES string of the molecule is C[C@H](NC(=O)c1ccc[nH]c1=O)C(=O)N1CCCC1. The predicted molar refractivity (Wildman–Crippen MR) is 69.8 cm³/mol. The lowest BCUT2D eigenvalue weighted by atomic mass is 10.2. The van der Waals surface area contributed by atoms with Crippen molar-refractivity contribution in [3.8, 4) is 0 Å². The minimum atomic E-state index is -0.620. The average molecular weight is 263 g/mol. The summed E-state index contributed by atoms with van der Waals surface area (Å²) >= 11 is 0. The molecule has 19 heavy (non-hydrogen) atoms. The van der Waals surface area contributed by atoms with Gasteiger partial charge in [0, 0.05) is 19.3 Å². The van der Waals surface area contributed by atoms with Crippen molar-refractivity contribution >= 4 is 11.8 Å². The van der Waals surface area contributed by atoms with Crippen LogP contribution in [0.25, 0.3) is 0 Å². The number of aromatic nitrogens is 1. The quantitative estimate of drug-likeness (QED) is 0.812. The maximum Gasteiger partial charge on any atom is 0.260 e. The molecule has 0 spiro atoms. The molecule has 0 unspecified atom stereocenters. The summed E-state index contributed by atoms with van der Waals surface area (Å²) in [4.78, 5) is 39.5. The van der Waals surface area contributed by atoms with E-state index < -0.39 is 17.5 Å². The normalized spacial score (nSPS) is 16.2. The van der Waals surface area contributed by atoms with Gasteiger partial charge in [-0.25, -0.2) is 0 Å². The molecular formula is C13H17N3O3. The Balaban J connectivity index is 2.00. The second-order valence-corrected chi connectivity index (χ2v) is 4.64. The molecule has 102 valence electrons. The highest BCUT2D eigenvalue weighted by atomic mass is 16.2. The molecule has 6 nitrogen and oxygen atoms in total. The number of hydrogen-bond acceptors (Lipinski definition) is 3. The van der Waals surface area contributed by atoms with Crippen LogP contribution in [0.2, 0.25) is 0 Å². The maximum atomic E-state index is 12.0. The molecule has 0 radical (unpaired) electrons. The van der Waals surface area contributed by atoms with E-state index in [1.807, 2.05) is 0 Å². The third-order valence-corrected chi connectivity index (χ3v) is 3.20. The van der Waals surface area contributed by atoms with Crippen molar-refractivity contribution in [3.05, 3.63) is 34.2 Å². The third kappa shape index (κ3) is 3.01. The van der Waals surface area contributed by atoms with Crippen LogP contribution in [0.1, 0.15) is 30.1 Å². The number of carbonyl (C=O) groups is 2. The van der Waals surface area contributed by atoms with Crippen molar-refractivity contribution in [1.82, 2.24) is 15.2 Å². The lowest BCUT2D eigenvalue weighted by Crippen LogP contribution is -2.46. The van der Waals surface area contributed by atoms with Gasteiger partial charge in [-0.3, -0.25) is 14.4 Å². The molecule has 2 N–H and O–H groups in total. The molecule has 1 aliphatic heterocycles. The number of amides is 2. The second-order valence-electron chi connectivity index (χ2n) is 4.64. The average Bonchev–Trinajstić information content (AvgIpc) is 2.92. The summed E-state index contributed by atoms with van der Waals surface area (Å²) in [6.07, 6.45) is 3.47. The molecule has 1 aromatic heterocycles.